The first kappa shape index (κ1) is 21.4. The lowest BCUT2D eigenvalue weighted by molar-refractivity contribution is -0.140. The Morgan fingerprint density at radius 1 is 1.08 bits per heavy atom. The van der Waals surface area contributed by atoms with E-state index >= 15 is 0 Å². The molecule has 6 rings (SSSR count). The van der Waals surface area contributed by atoms with E-state index in [0.717, 1.165) is 5.56 Å². The molecule has 1 saturated carbocycles. The number of hydrogen-bond donors (Lipinski definition) is 2. The number of carbonyl (C=O) groups is 2. The minimum absolute atomic E-state index is 0.0147. The first-order valence-electron chi connectivity index (χ1n) is 10.9. The first-order chi connectivity index (χ1) is 17.5. The second-order valence-corrected chi connectivity index (χ2v) is 8.15. The number of amides is 1. The summed E-state index contributed by atoms with van der Waals surface area (Å²) in [5, 5.41) is 12.7. The molecule has 4 heterocycles. The van der Waals surface area contributed by atoms with Gasteiger partial charge in [-0.15, -0.1) is 0 Å². The van der Waals surface area contributed by atoms with Crippen molar-refractivity contribution in [3.8, 4) is 11.8 Å². The van der Waals surface area contributed by atoms with Crippen molar-refractivity contribution >= 4 is 40.1 Å². The number of benzene rings is 1. The maximum Gasteiger partial charge on any atom is 0.412 e. The number of fused-ring (bicyclic) bond motifs is 2. The van der Waals surface area contributed by atoms with Crippen molar-refractivity contribution < 1.29 is 32.7 Å². The third-order valence-electron chi connectivity index (χ3n) is 5.76. The van der Waals surface area contributed by atoms with E-state index < -0.39 is 17.5 Å². The molecule has 11 nitrogen and oxygen atoms in total. The molecular formula is C25H16N4O7. The summed E-state index contributed by atoms with van der Waals surface area (Å²) in [5.41, 5.74) is 0.586. The van der Waals surface area contributed by atoms with Crippen LogP contribution in [-0.4, -0.2) is 32.1 Å². The van der Waals surface area contributed by atoms with Crippen molar-refractivity contribution in [1.82, 2.24) is 15.0 Å². The van der Waals surface area contributed by atoms with E-state index in [1.165, 1.54) is 6.20 Å². The number of nitrogens with zero attached hydrogens (tertiary/aromatic N) is 3. The number of aliphatic carboxylic acids is 1. The summed E-state index contributed by atoms with van der Waals surface area (Å²) in [4.78, 5) is 36.3. The maximum atomic E-state index is 12.5. The van der Waals surface area contributed by atoms with Crippen LogP contribution in [0.5, 0.6) is 0 Å². The molecular weight excluding hydrogens is 468 g/mol. The normalized spacial score (nSPS) is 13.8. The smallest absolute Gasteiger partial charge is 0.412 e. The molecule has 0 saturated heterocycles. The van der Waals surface area contributed by atoms with Gasteiger partial charge in [-0.25, -0.2) is 4.79 Å². The number of furan rings is 1. The van der Waals surface area contributed by atoms with E-state index in [-0.39, 0.29) is 35.6 Å². The second-order valence-electron chi connectivity index (χ2n) is 8.15. The highest BCUT2D eigenvalue weighted by atomic mass is 16.5. The van der Waals surface area contributed by atoms with Crippen LogP contribution in [0.4, 0.5) is 10.5 Å². The number of aromatic nitrogens is 3. The number of nitrogens with one attached hydrogen (secondary N) is 1. The van der Waals surface area contributed by atoms with Gasteiger partial charge >= 0.3 is 17.8 Å². The van der Waals surface area contributed by atoms with E-state index in [2.05, 4.69) is 32.1 Å². The number of hydrogen-bond acceptors (Lipinski definition) is 9. The predicted molar refractivity (Wildman–Crippen MR) is 123 cm³/mol. The number of ether oxygens (including phenoxy) is 1. The standard InChI is InChI=1S/C25H16N4O7/c30-23(31)25(9-10-25)22-29-20-21(36-22)35-18(27-20)7-6-16-19(15-8-11-26-12-17(15)34-16)28-24(32)33-13-14-4-2-1-3-5-14/h1-5,8,11-12H,9-10,13H2,(H,28,32)(H,30,31). The lowest BCUT2D eigenvalue weighted by Crippen LogP contribution is -2.19. The molecule has 1 aliphatic rings. The van der Waals surface area contributed by atoms with Crippen LogP contribution in [0.15, 0.2) is 62.0 Å². The molecule has 0 bridgehead atoms. The minimum Gasteiger partial charge on any atom is -0.480 e. The van der Waals surface area contributed by atoms with Crippen LogP contribution >= 0.6 is 0 Å². The van der Waals surface area contributed by atoms with E-state index in [4.69, 9.17) is 18.0 Å². The van der Waals surface area contributed by atoms with Crippen LogP contribution in [-0.2, 0) is 21.6 Å². The molecule has 1 aromatic carbocycles. The highest BCUT2D eigenvalue weighted by Crippen LogP contribution is 2.48. The third kappa shape index (κ3) is 3.80. The van der Waals surface area contributed by atoms with E-state index in [9.17, 15) is 14.7 Å². The Morgan fingerprint density at radius 3 is 2.67 bits per heavy atom. The molecule has 4 aromatic heterocycles. The summed E-state index contributed by atoms with van der Waals surface area (Å²) in [5.74, 6) is 4.69. The molecule has 11 heteroatoms. The van der Waals surface area contributed by atoms with Crippen molar-refractivity contribution in [1.29, 1.82) is 0 Å². The Hall–Kier alpha value is -5.11. The molecule has 178 valence electrons. The quantitative estimate of drug-likeness (QED) is 0.347. The molecule has 0 unspecified atom stereocenters. The van der Waals surface area contributed by atoms with Crippen LogP contribution in [0.1, 0.15) is 35.9 Å². The summed E-state index contributed by atoms with van der Waals surface area (Å²) >= 11 is 0. The third-order valence-corrected chi connectivity index (χ3v) is 5.76. The SMILES string of the molecule is O=C(Nc1c(C#Cc2nc3nc(C4(C(=O)O)CC4)oc3o2)oc2cnccc12)OCc1ccccc1. The topological polar surface area (TPSA) is 154 Å². The molecule has 1 fully saturated rings. The summed E-state index contributed by atoms with van der Waals surface area (Å²) in [6.45, 7) is 0.0958. The van der Waals surface area contributed by atoms with Crippen molar-refractivity contribution in [3.05, 3.63) is 71.9 Å². The summed E-state index contributed by atoms with van der Waals surface area (Å²) < 4.78 is 22.0. The van der Waals surface area contributed by atoms with E-state index in [0.29, 0.717) is 29.5 Å². The molecule has 0 atom stereocenters. The summed E-state index contributed by atoms with van der Waals surface area (Å²) in [6, 6.07) is 11.0. The van der Waals surface area contributed by atoms with Crippen molar-refractivity contribution in [2.24, 2.45) is 0 Å². The molecule has 0 aliphatic heterocycles. The Kier molecular flexibility index (Phi) is 4.93. The molecule has 1 amide bonds. The number of rotatable bonds is 5. The van der Waals surface area contributed by atoms with Gasteiger partial charge in [-0.2, -0.15) is 9.97 Å². The number of carboxylic acids is 1. The second kappa shape index (κ2) is 8.28. The number of anilines is 1. The van der Waals surface area contributed by atoms with Gasteiger partial charge in [0.05, 0.1) is 6.20 Å². The molecule has 5 aromatic rings. The zero-order chi connectivity index (χ0) is 24.7. The van der Waals surface area contributed by atoms with Crippen LogP contribution < -0.4 is 5.32 Å². The molecule has 2 N–H and O–H groups in total. The fourth-order valence-electron chi connectivity index (χ4n) is 3.68. The fourth-order valence-corrected chi connectivity index (χ4v) is 3.68. The molecule has 36 heavy (non-hydrogen) atoms. The first-order valence-corrected chi connectivity index (χ1v) is 10.9. The van der Waals surface area contributed by atoms with Gasteiger partial charge in [0.2, 0.25) is 17.3 Å². The number of carbonyl (C=O) groups excluding carboxylic acids is 1. The van der Waals surface area contributed by atoms with Crippen LogP contribution in [0.2, 0.25) is 0 Å². The number of carboxylic acid groups (broad SMARTS) is 1. The Labute approximate surface area is 202 Å². The highest BCUT2D eigenvalue weighted by molar-refractivity contribution is 6.00. The van der Waals surface area contributed by atoms with Crippen molar-refractivity contribution in [2.45, 2.75) is 24.9 Å². The number of pyridine rings is 1. The monoisotopic (exact) mass is 484 g/mol. The van der Waals surface area contributed by atoms with Crippen LogP contribution in [0, 0.1) is 11.8 Å². The fraction of sp³-hybridized carbons (Fsp3) is 0.160. The van der Waals surface area contributed by atoms with Gasteiger partial charge in [0.15, 0.2) is 5.58 Å². The Morgan fingerprint density at radius 2 is 1.92 bits per heavy atom. The zero-order valence-electron chi connectivity index (χ0n) is 18.5. The molecule has 1 aliphatic carbocycles. The van der Waals surface area contributed by atoms with Gasteiger partial charge in [-0.1, -0.05) is 30.3 Å². The minimum atomic E-state index is -1.10. The van der Waals surface area contributed by atoms with E-state index in [1.54, 1.807) is 12.3 Å². The van der Waals surface area contributed by atoms with Crippen molar-refractivity contribution in [3.63, 3.8) is 0 Å². The van der Waals surface area contributed by atoms with Crippen LogP contribution in [0.25, 0.3) is 22.4 Å². The molecule has 0 radical (unpaired) electrons. The average Bonchev–Trinajstić information content (AvgIpc) is 3.32. The highest BCUT2D eigenvalue weighted by Gasteiger charge is 2.56. The number of oxazole rings is 2. The van der Waals surface area contributed by atoms with Gasteiger partial charge in [-0.3, -0.25) is 15.1 Å². The van der Waals surface area contributed by atoms with Crippen molar-refractivity contribution in [2.75, 3.05) is 5.32 Å². The van der Waals surface area contributed by atoms with Gasteiger partial charge in [0.25, 0.3) is 5.89 Å². The zero-order valence-corrected chi connectivity index (χ0v) is 18.5. The summed E-state index contributed by atoms with van der Waals surface area (Å²) in [7, 11) is 0. The lowest BCUT2D eigenvalue weighted by atomic mass is 10.1. The Bertz CT molecular complexity index is 1650. The Balaban J connectivity index is 1.25. The molecule has 0 spiro atoms. The lowest BCUT2D eigenvalue weighted by Gasteiger charge is -2.06. The largest absolute Gasteiger partial charge is 0.480 e. The van der Waals surface area contributed by atoms with Gasteiger partial charge < -0.3 is 23.1 Å². The van der Waals surface area contributed by atoms with Gasteiger partial charge in [-0.05, 0) is 30.4 Å². The van der Waals surface area contributed by atoms with E-state index in [1.807, 2.05) is 30.3 Å². The van der Waals surface area contributed by atoms with Crippen LogP contribution in [0.3, 0.4) is 0 Å². The maximum absolute atomic E-state index is 12.5. The van der Waals surface area contributed by atoms with Gasteiger partial charge in [0.1, 0.15) is 17.7 Å². The van der Waals surface area contributed by atoms with Gasteiger partial charge in [0, 0.05) is 17.5 Å². The predicted octanol–water partition coefficient (Wildman–Crippen LogP) is 4.22. The average molecular weight is 484 g/mol. The summed E-state index contributed by atoms with van der Waals surface area (Å²) in [6.07, 6.45) is 3.27.